The van der Waals surface area contributed by atoms with E-state index in [9.17, 15) is 18.9 Å². The van der Waals surface area contributed by atoms with Crippen molar-refractivity contribution in [3.05, 3.63) is 69.8 Å². The molecule has 6 heteroatoms. The van der Waals surface area contributed by atoms with E-state index in [1.54, 1.807) is 24.1 Å². The fraction of sp³-hybridized carbons (Fsp3) is 0.200. The Morgan fingerprint density at radius 2 is 1.67 bits per heavy atom. The molecule has 0 saturated carbocycles. The average molecular weight is 292 g/mol. The first-order valence-corrected chi connectivity index (χ1v) is 6.32. The summed E-state index contributed by atoms with van der Waals surface area (Å²) in [5.74, 6) is -1.00. The number of nitro groups is 1. The normalized spacial score (nSPS) is 12.0. The number of nitro benzene ring substituents is 1. The first-order valence-electron chi connectivity index (χ1n) is 6.32. The molecule has 0 aliphatic carbocycles. The van der Waals surface area contributed by atoms with Gasteiger partial charge in [0.2, 0.25) is 0 Å². The highest BCUT2D eigenvalue weighted by Gasteiger charge is 2.22. The van der Waals surface area contributed by atoms with Crippen LogP contribution < -0.4 is 4.90 Å². The predicted octanol–water partition coefficient (Wildman–Crippen LogP) is 4.07. The molecule has 0 amide bonds. The highest BCUT2D eigenvalue weighted by molar-refractivity contribution is 5.63. The van der Waals surface area contributed by atoms with Gasteiger partial charge in [0.25, 0.3) is 5.69 Å². The third-order valence-corrected chi connectivity index (χ3v) is 3.45. The fourth-order valence-corrected chi connectivity index (χ4v) is 2.11. The largest absolute Gasteiger partial charge is 0.362 e. The second-order valence-electron chi connectivity index (χ2n) is 4.73. The van der Waals surface area contributed by atoms with Crippen LogP contribution in [0, 0.1) is 21.7 Å². The molecule has 4 nitrogen and oxygen atoms in total. The second-order valence-corrected chi connectivity index (χ2v) is 4.73. The van der Waals surface area contributed by atoms with Gasteiger partial charge in [-0.05, 0) is 36.8 Å². The molecule has 2 aromatic rings. The minimum atomic E-state index is -0.659. The van der Waals surface area contributed by atoms with Gasteiger partial charge in [-0.3, -0.25) is 10.1 Å². The van der Waals surface area contributed by atoms with Gasteiger partial charge in [-0.15, -0.1) is 0 Å². The molecule has 1 unspecified atom stereocenters. The van der Waals surface area contributed by atoms with Crippen LogP contribution in [-0.2, 0) is 0 Å². The molecule has 0 spiro atoms. The molecule has 21 heavy (non-hydrogen) atoms. The van der Waals surface area contributed by atoms with Crippen molar-refractivity contribution in [1.29, 1.82) is 0 Å². The van der Waals surface area contributed by atoms with Crippen molar-refractivity contribution in [1.82, 2.24) is 0 Å². The lowest BCUT2D eigenvalue weighted by Gasteiger charge is -2.27. The van der Waals surface area contributed by atoms with Gasteiger partial charge in [0.15, 0.2) is 0 Å². The van der Waals surface area contributed by atoms with E-state index in [1.165, 1.54) is 24.3 Å². The first kappa shape index (κ1) is 14.9. The zero-order valence-corrected chi connectivity index (χ0v) is 11.6. The molecular weight excluding hydrogens is 278 g/mol. The Morgan fingerprint density at radius 3 is 2.24 bits per heavy atom. The summed E-state index contributed by atoms with van der Waals surface area (Å²) >= 11 is 0. The van der Waals surface area contributed by atoms with Crippen LogP contribution in [-0.4, -0.2) is 12.0 Å². The predicted molar refractivity (Wildman–Crippen MR) is 76.3 cm³/mol. The van der Waals surface area contributed by atoms with E-state index in [0.29, 0.717) is 5.69 Å². The molecule has 0 aliphatic rings. The zero-order valence-electron chi connectivity index (χ0n) is 11.6. The summed E-state index contributed by atoms with van der Waals surface area (Å²) in [5.41, 5.74) is 0.808. The summed E-state index contributed by atoms with van der Waals surface area (Å²) in [6, 6.07) is 9.11. The van der Waals surface area contributed by atoms with Crippen LogP contribution in [0.2, 0.25) is 0 Å². The van der Waals surface area contributed by atoms with Crippen molar-refractivity contribution in [2.45, 2.75) is 13.0 Å². The van der Waals surface area contributed by atoms with Crippen molar-refractivity contribution in [2.24, 2.45) is 0 Å². The van der Waals surface area contributed by atoms with Gasteiger partial charge < -0.3 is 4.90 Å². The van der Waals surface area contributed by atoms with E-state index in [-0.39, 0.29) is 17.5 Å². The Morgan fingerprint density at radius 1 is 1.10 bits per heavy atom. The Hall–Kier alpha value is -2.50. The van der Waals surface area contributed by atoms with Gasteiger partial charge in [0, 0.05) is 7.05 Å². The number of nitrogens with zero attached hydrogens (tertiary/aromatic N) is 2. The quantitative estimate of drug-likeness (QED) is 0.630. The molecule has 0 aliphatic heterocycles. The topological polar surface area (TPSA) is 46.4 Å². The number of hydrogen-bond acceptors (Lipinski definition) is 3. The molecule has 0 bridgehead atoms. The van der Waals surface area contributed by atoms with Gasteiger partial charge in [-0.2, -0.15) is 0 Å². The Balaban J connectivity index is 2.37. The van der Waals surface area contributed by atoms with Crippen LogP contribution in [0.3, 0.4) is 0 Å². The number of rotatable bonds is 4. The Labute approximate surface area is 120 Å². The molecule has 110 valence electrons. The third-order valence-electron chi connectivity index (χ3n) is 3.45. The Kier molecular flexibility index (Phi) is 4.16. The van der Waals surface area contributed by atoms with Gasteiger partial charge in [-0.25, -0.2) is 8.78 Å². The molecule has 0 radical (unpaired) electrons. The van der Waals surface area contributed by atoms with E-state index < -0.39 is 10.7 Å². The van der Waals surface area contributed by atoms with Crippen LogP contribution >= 0.6 is 0 Å². The Bertz CT molecular complexity index is 659. The maximum atomic E-state index is 13.2. The second kappa shape index (κ2) is 5.87. The smallest absolute Gasteiger partial charge is 0.295 e. The van der Waals surface area contributed by atoms with Crippen molar-refractivity contribution < 1.29 is 13.7 Å². The van der Waals surface area contributed by atoms with Crippen LogP contribution in [0.25, 0.3) is 0 Å². The van der Waals surface area contributed by atoms with Crippen LogP contribution in [0.15, 0.2) is 42.5 Å². The monoisotopic (exact) mass is 292 g/mol. The molecule has 2 rings (SSSR count). The molecule has 0 fully saturated rings. The maximum Gasteiger partial charge on any atom is 0.295 e. The number of anilines is 1. The van der Waals surface area contributed by atoms with E-state index in [1.807, 2.05) is 6.92 Å². The average Bonchev–Trinajstić information content (AvgIpc) is 2.46. The minimum absolute atomic E-state index is 0.227. The zero-order chi connectivity index (χ0) is 15.6. The van der Waals surface area contributed by atoms with Gasteiger partial charge in [0.05, 0.1) is 17.0 Å². The lowest BCUT2D eigenvalue weighted by Crippen LogP contribution is -2.22. The summed E-state index contributed by atoms with van der Waals surface area (Å²) in [4.78, 5) is 12.1. The van der Waals surface area contributed by atoms with Crippen LogP contribution in [0.4, 0.5) is 20.2 Å². The molecule has 0 N–H and O–H groups in total. The number of halogens is 2. The van der Waals surface area contributed by atoms with Crippen molar-refractivity contribution in [3.8, 4) is 0 Å². The molecule has 0 aromatic heterocycles. The molecule has 0 heterocycles. The highest BCUT2D eigenvalue weighted by Crippen LogP contribution is 2.33. The van der Waals surface area contributed by atoms with Crippen LogP contribution in [0.5, 0.6) is 0 Å². The first-order chi connectivity index (χ1) is 9.90. The van der Waals surface area contributed by atoms with Gasteiger partial charge in [0.1, 0.15) is 17.3 Å². The van der Waals surface area contributed by atoms with Gasteiger partial charge in [-0.1, -0.05) is 12.1 Å². The summed E-state index contributed by atoms with van der Waals surface area (Å²) in [7, 11) is 1.67. The number of hydrogen-bond donors (Lipinski definition) is 0. The lowest BCUT2D eigenvalue weighted by molar-refractivity contribution is -0.384. The van der Waals surface area contributed by atoms with E-state index in [2.05, 4.69) is 0 Å². The minimum Gasteiger partial charge on any atom is -0.362 e. The van der Waals surface area contributed by atoms with Crippen molar-refractivity contribution in [3.63, 3.8) is 0 Å². The molecule has 0 saturated heterocycles. The van der Waals surface area contributed by atoms with Gasteiger partial charge >= 0.3 is 0 Å². The molecule has 2 aromatic carbocycles. The fourth-order valence-electron chi connectivity index (χ4n) is 2.11. The summed E-state index contributed by atoms with van der Waals surface area (Å²) in [6.07, 6.45) is 0. The molecular formula is C15H14F2N2O2. The summed E-state index contributed by atoms with van der Waals surface area (Å²) in [6.45, 7) is 1.83. The summed E-state index contributed by atoms with van der Waals surface area (Å²) in [5, 5.41) is 11.0. The van der Waals surface area contributed by atoms with E-state index in [0.717, 1.165) is 11.6 Å². The number of benzene rings is 2. The molecule has 1 atom stereocenters. The van der Waals surface area contributed by atoms with E-state index in [4.69, 9.17) is 0 Å². The SMILES string of the molecule is CC(c1ccc(F)cc1)N(C)c1ccc(F)cc1[N+](=O)[O-]. The van der Waals surface area contributed by atoms with Crippen LogP contribution in [0.1, 0.15) is 18.5 Å². The maximum absolute atomic E-state index is 13.2. The van der Waals surface area contributed by atoms with E-state index >= 15 is 0 Å². The van der Waals surface area contributed by atoms with Crippen molar-refractivity contribution >= 4 is 11.4 Å². The lowest BCUT2D eigenvalue weighted by atomic mass is 10.1. The highest BCUT2D eigenvalue weighted by atomic mass is 19.1. The standard InChI is InChI=1S/C15H14F2N2O2/c1-10(11-3-5-12(16)6-4-11)18(2)14-8-7-13(17)9-15(14)19(20)21/h3-10H,1-2H3. The third kappa shape index (κ3) is 3.16. The summed E-state index contributed by atoms with van der Waals surface area (Å²) < 4.78 is 26.1. The van der Waals surface area contributed by atoms with Crippen molar-refractivity contribution in [2.75, 3.05) is 11.9 Å².